The van der Waals surface area contributed by atoms with E-state index in [1.807, 2.05) is 12.1 Å². The average molecular weight is 234 g/mol. The van der Waals surface area contributed by atoms with Crippen molar-refractivity contribution in [1.29, 1.82) is 0 Å². The number of hydrogen-bond acceptors (Lipinski definition) is 3. The molecule has 92 valence electrons. The molecule has 1 aromatic rings. The van der Waals surface area contributed by atoms with Crippen LogP contribution < -0.4 is 15.8 Å². The van der Waals surface area contributed by atoms with Crippen LogP contribution in [-0.2, 0) is 4.79 Å². The predicted octanol–water partition coefficient (Wildman–Crippen LogP) is 1.02. The van der Waals surface area contributed by atoms with Gasteiger partial charge in [0.1, 0.15) is 5.75 Å². The molecular weight excluding hydrogens is 216 g/mol. The summed E-state index contributed by atoms with van der Waals surface area (Å²) in [5, 5.41) is 3.14. The van der Waals surface area contributed by atoms with Crippen LogP contribution in [0, 0.1) is 0 Å². The summed E-state index contributed by atoms with van der Waals surface area (Å²) < 4.78 is 5.20. The maximum atomic E-state index is 10.6. The molecule has 0 saturated heterocycles. The molecule has 17 heavy (non-hydrogen) atoms. The van der Waals surface area contributed by atoms with E-state index in [9.17, 15) is 4.79 Å². The van der Waals surface area contributed by atoms with Crippen molar-refractivity contribution in [2.24, 2.45) is 5.73 Å². The Morgan fingerprint density at radius 3 is 2.94 bits per heavy atom. The number of benzene rings is 1. The number of hydrogen-bond donors (Lipinski definition) is 2. The van der Waals surface area contributed by atoms with Gasteiger partial charge in [-0.25, -0.2) is 0 Å². The first kappa shape index (κ1) is 11.9. The minimum Gasteiger partial charge on any atom is -0.497 e. The maximum Gasteiger partial charge on any atom is 0.231 e. The molecule has 0 aromatic heterocycles. The number of nitrogens with one attached hydrogen (secondary N) is 1. The van der Waals surface area contributed by atoms with E-state index in [1.54, 1.807) is 7.11 Å². The quantitative estimate of drug-likeness (QED) is 0.799. The molecule has 1 aromatic carbocycles. The molecule has 1 amide bonds. The Bertz CT molecular complexity index is 400. The minimum atomic E-state index is -0.296. The number of ether oxygens (including phenoxy) is 1. The summed E-state index contributed by atoms with van der Waals surface area (Å²) in [6, 6.07) is 8.58. The van der Waals surface area contributed by atoms with Crippen LogP contribution in [0.15, 0.2) is 24.3 Å². The van der Waals surface area contributed by atoms with Crippen molar-refractivity contribution >= 4 is 5.91 Å². The molecule has 1 aliphatic rings. The van der Waals surface area contributed by atoms with Gasteiger partial charge in [-0.2, -0.15) is 0 Å². The summed E-state index contributed by atoms with van der Waals surface area (Å²) in [5.41, 5.74) is 6.39. The summed E-state index contributed by atoms with van der Waals surface area (Å²) in [4.78, 5) is 10.6. The Morgan fingerprint density at radius 2 is 2.29 bits per heavy atom. The monoisotopic (exact) mass is 234 g/mol. The van der Waals surface area contributed by atoms with Gasteiger partial charge in [0.25, 0.3) is 0 Å². The number of nitrogens with two attached hydrogens (primary N) is 1. The van der Waals surface area contributed by atoms with Crippen molar-refractivity contribution in [1.82, 2.24) is 5.32 Å². The van der Waals surface area contributed by atoms with E-state index in [0.29, 0.717) is 12.0 Å². The molecule has 1 aliphatic carbocycles. The molecule has 3 N–H and O–H groups in total. The van der Waals surface area contributed by atoms with E-state index >= 15 is 0 Å². The SMILES string of the molecule is COc1cccc(C2CC(NCC(N)=O)C2)c1. The van der Waals surface area contributed by atoms with E-state index in [0.717, 1.165) is 18.6 Å². The highest BCUT2D eigenvalue weighted by molar-refractivity contribution is 5.75. The lowest BCUT2D eigenvalue weighted by Gasteiger charge is -2.36. The van der Waals surface area contributed by atoms with Gasteiger partial charge >= 0.3 is 0 Å². The lowest BCUT2D eigenvalue weighted by Crippen LogP contribution is -2.43. The Labute approximate surface area is 101 Å². The van der Waals surface area contributed by atoms with E-state index in [1.165, 1.54) is 5.56 Å². The van der Waals surface area contributed by atoms with Gasteiger partial charge in [-0.3, -0.25) is 4.79 Å². The normalized spacial score (nSPS) is 22.9. The molecule has 0 spiro atoms. The summed E-state index contributed by atoms with van der Waals surface area (Å²) in [7, 11) is 1.68. The van der Waals surface area contributed by atoms with Crippen LogP contribution in [-0.4, -0.2) is 25.6 Å². The first-order chi connectivity index (χ1) is 8.19. The fourth-order valence-electron chi connectivity index (χ4n) is 2.20. The van der Waals surface area contributed by atoms with Gasteiger partial charge < -0.3 is 15.8 Å². The van der Waals surface area contributed by atoms with Crippen LogP contribution in [0.2, 0.25) is 0 Å². The van der Waals surface area contributed by atoms with Gasteiger partial charge in [0.15, 0.2) is 0 Å². The van der Waals surface area contributed by atoms with Crippen LogP contribution in [0.4, 0.5) is 0 Å². The molecule has 0 atom stereocenters. The highest BCUT2D eigenvalue weighted by Crippen LogP contribution is 2.37. The number of rotatable bonds is 5. The number of primary amides is 1. The van der Waals surface area contributed by atoms with Crippen LogP contribution in [0.3, 0.4) is 0 Å². The fraction of sp³-hybridized carbons (Fsp3) is 0.462. The molecule has 4 heteroatoms. The number of methoxy groups -OCH3 is 1. The molecule has 0 heterocycles. The van der Waals surface area contributed by atoms with Crippen molar-refractivity contribution in [3.63, 3.8) is 0 Å². The second-order valence-corrected chi connectivity index (χ2v) is 4.49. The average Bonchev–Trinajstić information content (AvgIpc) is 2.27. The zero-order valence-corrected chi connectivity index (χ0v) is 9.98. The summed E-state index contributed by atoms with van der Waals surface area (Å²) in [6.07, 6.45) is 2.11. The molecule has 4 nitrogen and oxygen atoms in total. The third-order valence-electron chi connectivity index (χ3n) is 3.27. The minimum absolute atomic E-state index is 0.273. The van der Waals surface area contributed by atoms with Crippen LogP contribution >= 0.6 is 0 Å². The Hall–Kier alpha value is -1.55. The topological polar surface area (TPSA) is 64.3 Å². The van der Waals surface area contributed by atoms with Crippen molar-refractivity contribution < 1.29 is 9.53 Å². The molecule has 0 radical (unpaired) electrons. The van der Waals surface area contributed by atoms with Crippen LogP contribution in [0.1, 0.15) is 24.3 Å². The molecular formula is C13H18N2O2. The first-order valence-corrected chi connectivity index (χ1v) is 5.84. The van der Waals surface area contributed by atoms with Gasteiger partial charge in [-0.05, 0) is 36.5 Å². The Morgan fingerprint density at radius 1 is 1.53 bits per heavy atom. The van der Waals surface area contributed by atoms with Gasteiger partial charge in [-0.1, -0.05) is 12.1 Å². The van der Waals surface area contributed by atoms with Crippen molar-refractivity contribution in [3.8, 4) is 5.75 Å². The molecule has 0 unspecified atom stereocenters. The predicted molar refractivity (Wildman–Crippen MR) is 66.0 cm³/mol. The number of carbonyl (C=O) groups excluding carboxylic acids is 1. The van der Waals surface area contributed by atoms with Crippen molar-refractivity contribution in [3.05, 3.63) is 29.8 Å². The van der Waals surface area contributed by atoms with E-state index in [-0.39, 0.29) is 12.5 Å². The zero-order chi connectivity index (χ0) is 12.3. The lowest BCUT2D eigenvalue weighted by molar-refractivity contribution is -0.117. The standard InChI is InChI=1S/C13H18N2O2/c1-17-12-4-2-3-9(7-12)10-5-11(6-10)15-8-13(14)16/h2-4,7,10-11,15H,5-6,8H2,1H3,(H2,14,16). The second kappa shape index (κ2) is 5.19. The highest BCUT2D eigenvalue weighted by atomic mass is 16.5. The highest BCUT2D eigenvalue weighted by Gasteiger charge is 2.30. The van der Waals surface area contributed by atoms with Crippen molar-refractivity contribution in [2.45, 2.75) is 24.8 Å². The van der Waals surface area contributed by atoms with E-state index < -0.39 is 0 Å². The van der Waals surface area contributed by atoms with Gasteiger partial charge in [0.05, 0.1) is 13.7 Å². The number of carbonyl (C=O) groups is 1. The number of amides is 1. The van der Waals surface area contributed by atoms with Gasteiger partial charge in [0.2, 0.25) is 5.91 Å². The third-order valence-corrected chi connectivity index (χ3v) is 3.27. The fourth-order valence-corrected chi connectivity index (χ4v) is 2.20. The Kier molecular flexibility index (Phi) is 3.64. The van der Waals surface area contributed by atoms with Crippen LogP contribution in [0.25, 0.3) is 0 Å². The maximum absolute atomic E-state index is 10.6. The first-order valence-electron chi connectivity index (χ1n) is 5.84. The van der Waals surface area contributed by atoms with Gasteiger partial charge in [0, 0.05) is 6.04 Å². The summed E-state index contributed by atoms with van der Waals surface area (Å²) in [6.45, 7) is 0.273. The molecule has 2 rings (SSSR count). The Balaban J connectivity index is 1.84. The largest absolute Gasteiger partial charge is 0.497 e. The van der Waals surface area contributed by atoms with E-state index in [2.05, 4.69) is 17.4 Å². The molecule has 0 aliphatic heterocycles. The second-order valence-electron chi connectivity index (χ2n) is 4.49. The zero-order valence-electron chi connectivity index (χ0n) is 9.98. The van der Waals surface area contributed by atoms with E-state index in [4.69, 9.17) is 10.5 Å². The molecule has 1 saturated carbocycles. The van der Waals surface area contributed by atoms with Gasteiger partial charge in [-0.15, -0.1) is 0 Å². The lowest BCUT2D eigenvalue weighted by atomic mass is 9.76. The summed E-state index contributed by atoms with van der Waals surface area (Å²) in [5.74, 6) is 1.17. The van der Waals surface area contributed by atoms with Crippen molar-refractivity contribution in [2.75, 3.05) is 13.7 Å². The summed E-state index contributed by atoms with van der Waals surface area (Å²) >= 11 is 0. The van der Waals surface area contributed by atoms with Crippen LogP contribution in [0.5, 0.6) is 5.75 Å². The third kappa shape index (κ3) is 2.97. The smallest absolute Gasteiger partial charge is 0.231 e. The molecule has 1 fully saturated rings. The molecule has 0 bridgehead atoms.